The number of carbonyl (C=O) groups excluding carboxylic acids is 1. The fourth-order valence-electron chi connectivity index (χ4n) is 2.09. The molecule has 2 N–H and O–H groups in total. The number of anilines is 2. The lowest BCUT2D eigenvalue weighted by Gasteiger charge is -2.08. The Kier molecular flexibility index (Phi) is 4.82. The molecule has 0 spiro atoms. The van der Waals surface area contributed by atoms with Crippen molar-refractivity contribution in [3.8, 4) is 0 Å². The summed E-state index contributed by atoms with van der Waals surface area (Å²) in [7, 11) is -3.65. The summed E-state index contributed by atoms with van der Waals surface area (Å²) in [4.78, 5) is 17.4. The quantitative estimate of drug-likeness (QED) is 0.716. The molecule has 1 amide bonds. The molecule has 0 aliphatic heterocycles. The van der Waals surface area contributed by atoms with Gasteiger partial charge in [-0.2, -0.15) is 0 Å². The Hall–Kier alpha value is -2.71. The van der Waals surface area contributed by atoms with Crippen molar-refractivity contribution in [2.75, 3.05) is 10.0 Å². The van der Waals surface area contributed by atoms with Gasteiger partial charge in [0.15, 0.2) is 5.13 Å². The number of sulfonamides is 1. The minimum Gasteiger partial charge on any atom is -0.298 e. The van der Waals surface area contributed by atoms with Gasteiger partial charge in [-0.05, 0) is 43.3 Å². The van der Waals surface area contributed by atoms with Crippen molar-refractivity contribution in [1.82, 2.24) is 4.98 Å². The lowest BCUT2D eigenvalue weighted by Crippen LogP contribution is -2.14. The molecule has 1 aromatic heterocycles. The number of rotatable bonds is 5. The third-order valence-corrected chi connectivity index (χ3v) is 5.52. The number of hydrogen-bond donors (Lipinski definition) is 2. The van der Waals surface area contributed by atoms with Gasteiger partial charge in [-0.3, -0.25) is 14.8 Å². The highest BCUT2D eigenvalue weighted by Crippen LogP contribution is 2.19. The molecule has 128 valence electrons. The first-order valence-corrected chi connectivity index (χ1v) is 9.66. The maximum absolute atomic E-state index is 12.3. The molecule has 0 radical (unpaired) electrons. The summed E-state index contributed by atoms with van der Waals surface area (Å²) >= 11 is 1.38. The number of nitrogens with one attached hydrogen (secondary N) is 2. The van der Waals surface area contributed by atoms with Crippen LogP contribution in [0.15, 0.2) is 65.7 Å². The molecule has 0 saturated heterocycles. The maximum Gasteiger partial charge on any atom is 0.261 e. The van der Waals surface area contributed by atoms with Gasteiger partial charge >= 0.3 is 0 Å². The van der Waals surface area contributed by atoms with E-state index in [0.29, 0.717) is 16.4 Å². The van der Waals surface area contributed by atoms with Crippen molar-refractivity contribution in [3.63, 3.8) is 0 Å². The molecule has 2 aromatic carbocycles. The van der Waals surface area contributed by atoms with E-state index < -0.39 is 10.0 Å². The van der Waals surface area contributed by atoms with Gasteiger partial charge in [0.05, 0.1) is 4.90 Å². The van der Waals surface area contributed by atoms with E-state index >= 15 is 0 Å². The van der Waals surface area contributed by atoms with Crippen molar-refractivity contribution >= 4 is 38.1 Å². The fraction of sp³-hybridized carbons (Fsp3) is 0.0588. The molecule has 0 unspecified atom stereocenters. The average molecular weight is 373 g/mol. The SMILES string of the molecule is Cc1cnc(NC(=O)c2ccc(NS(=O)(=O)c3ccccc3)cc2)s1. The number of benzene rings is 2. The van der Waals surface area contributed by atoms with Crippen LogP contribution in [0.4, 0.5) is 10.8 Å². The Morgan fingerprint density at radius 3 is 2.32 bits per heavy atom. The first-order chi connectivity index (χ1) is 11.9. The standard InChI is InChI=1S/C17H15N3O3S2/c1-12-11-18-17(24-12)19-16(21)13-7-9-14(10-8-13)20-25(22,23)15-5-3-2-4-6-15/h2-11,20H,1H3,(H,18,19,21). The zero-order valence-corrected chi connectivity index (χ0v) is 14.9. The lowest BCUT2D eigenvalue weighted by molar-refractivity contribution is 0.102. The summed E-state index contributed by atoms with van der Waals surface area (Å²) in [6, 6.07) is 14.3. The van der Waals surface area contributed by atoms with E-state index in [-0.39, 0.29) is 10.8 Å². The Bertz CT molecular complexity index is 981. The summed E-state index contributed by atoms with van der Waals surface area (Å²) in [5.74, 6) is -0.299. The first-order valence-electron chi connectivity index (χ1n) is 7.36. The topological polar surface area (TPSA) is 88.2 Å². The second-order valence-electron chi connectivity index (χ2n) is 5.23. The Balaban J connectivity index is 1.71. The molecule has 3 aromatic rings. The van der Waals surface area contributed by atoms with Crippen molar-refractivity contribution in [1.29, 1.82) is 0 Å². The normalized spacial score (nSPS) is 11.1. The zero-order valence-electron chi connectivity index (χ0n) is 13.3. The van der Waals surface area contributed by atoms with Crippen LogP contribution in [0.25, 0.3) is 0 Å². The molecule has 3 rings (SSSR count). The van der Waals surface area contributed by atoms with Gasteiger partial charge in [-0.1, -0.05) is 18.2 Å². The molecule has 25 heavy (non-hydrogen) atoms. The van der Waals surface area contributed by atoms with Gasteiger partial charge in [0.2, 0.25) is 0 Å². The van der Waals surface area contributed by atoms with Crippen molar-refractivity contribution < 1.29 is 13.2 Å². The van der Waals surface area contributed by atoms with Crippen LogP contribution in [-0.2, 0) is 10.0 Å². The smallest absolute Gasteiger partial charge is 0.261 e. The third-order valence-electron chi connectivity index (χ3n) is 3.29. The third kappa shape index (κ3) is 4.23. The second kappa shape index (κ2) is 7.04. The van der Waals surface area contributed by atoms with E-state index in [9.17, 15) is 13.2 Å². The molecule has 0 bridgehead atoms. The zero-order chi connectivity index (χ0) is 17.9. The van der Waals surface area contributed by atoms with Gasteiger partial charge < -0.3 is 0 Å². The molecule has 0 saturated carbocycles. The summed E-state index contributed by atoms with van der Waals surface area (Å²) in [5.41, 5.74) is 0.793. The van der Waals surface area contributed by atoms with Crippen molar-refractivity contribution in [3.05, 3.63) is 71.2 Å². The molecule has 0 atom stereocenters. The van der Waals surface area contributed by atoms with Crippen LogP contribution in [0.5, 0.6) is 0 Å². The van der Waals surface area contributed by atoms with E-state index in [2.05, 4.69) is 15.0 Å². The lowest BCUT2D eigenvalue weighted by atomic mass is 10.2. The average Bonchev–Trinajstić information content (AvgIpc) is 3.01. The van der Waals surface area contributed by atoms with Gasteiger partial charge in [0.25, 0.3) is 15.9 Å². The van der Waals surface area contributed by atoms with Gasteiger partial charge in [-0.25, -0.2) is 13.4 Å². The largest absolute Gasteiger partial charge is 0.298 e. The van der Waals surface area contributed by atoms with E-state index in [0.717, 1.165) is 4.88 Å². The maximum atomic E-state index is 12.3. The summed E-state index contributed by atoms with van der Waals surface area (Å²) < 4.78 is 27.0. The van der Waals surface area contributed by atoms with Crippen LogP contribution in [0.2, 0.25) is 0 Å². The highest BCUT2D eigenvalue weighted by Gasteiger charge is 2.14. The molecule has 0 aliphatic carbocycles. The molecule has 0 aliphatic rings. The summed E-state index contributed by atoms with van der Waals surface area (Å²) in [5, 5.41) is 3.23. The Labute approximate surface area is 149 Å². The number of carbonyl (C=O) groups is 1. The van der Waals surface area contributed by atoms with Crippen LogP contribution < -0.4 is 10.0 Å². The minimum atomic E-state index is -3.65. The molecule has 8 heteroatoms. The first kappa shape index (κ1) is 17.1. The van der Waals surface area contributed by atoms with Gasteiger partial charge in [0.1, 0.15) is 0 Å². The van der Waals surface area contributed by atoms with Gasteiger partial charge in [0, 0.05) is 22.3 Å². The fourth-order valence-corrected chi connectivity index (χ4v) is 3.82. The van der Waals surface area contributed by atoms with Crippen molar-refractivity contribution in [2.24, 2.45) is 0 Å². The van der Waals surface area contributed by atoms with Gasteiger partial charge in [-0.15, -0.1) is 11.3 Å². The predicted octanol–water partition coefficient (Wildman–Crippen LogP) is 3.50. The number of thiazole rings is 1. The molecular weight excluding hydrogens is 358 g/mol. The molecule has 0 fully saturated rings. The second-order valence-corrected chi connectivity index (χ2v) is 8.14. The number of aryl methyl sites for hydroxylation is 1. The number of hydrogen-bond acceptors (Lipinski definition) is 5. The van der Waals surface area contributed by atoms with E-state index in [1.165, 1.54) is 23.5 Å². The summed E-state index contributed by atoms with van der Waals surface area (Å²) in [6.45, 7) is 1.90. The van der Waals surface area contributed by atoms with E-state index in [1.54, 1.807) is 48.7 Å². The van der Waals surface area contributed by atoms with Crippen molar-refractivity contribution in [2.45, 2.75) is 11.8 Å². The Morgan fingerprint density at radius 1 is 1.04 bits per heavy atom. The summed E-state index contributed by atoms with van der Waals surface area (Å²) in [6.07, 6.45) is 1.68. The van der Waals surface area contributed by atoms with Crippen LogP contribution in [0, 0.1) is 6.92 Å². The van der Waals surface area contributed by atoms with E-state index in [4.69, 9.17) is 0 Å². The number of aromatic nitrogens is 1. The Morgan fingerprint density at radius 2 is 1.72 bits per heavy atom. The van der Waals surface area contributed by atoms with Crippen LogP contribution in [0.3, 0.4) is 0 Å². The molecule has 1 heterocycles. The highest BCUT2D eigenvalue weighted by atomic mass is 32.2. The predicted molar refractivity (Wildman–Crippen MR) is 98.5 cm³/mol. The van der Waals surface area contributed by atoms with Crippen LogP contribution in [-0.4, -0.2) is 19.3 Å². The molecular formula is C17H15N3O3S2. The van der Waals surface area contributed by atoms with E-state index in [1.807, 2.05) is 6.92 Å². The highest BCUT2D eigenvalue weighted by molar-refractivity contribution is 7.92. The number of amides is 1. The van der Waals surface area contributed by atoms with Crippen LogP contribution in [0.1, 0.15) is 15.2 Å². The minimum absolute atomic E-state index is 0.177. The molecule has 6 nitrogen and oxygen atoms in total. The van der Waals surface area contributed by atoms with Crippen LogP contribution >= 0.6 is 11.3 Å². The monoisotopic (exact) mass is 373 g/mol. The number of nitrogens with zero attached hydrogens (tertiary/aromatic N) is 1.